The molecule has 3 aromatic rings. The van der Waals surface area contributed by atoms with Crippen molar-refractivity contribution in [1.82, 2.24) is 10.2 Å². The van der Waals surface area contributed by atoms with Crippen LogP contribution in [0.2, 0.25) is 0 Å². The van der Waals surface area contributed by atoms with Gasteiger partial charge < -0.3 is 9.73 Å². The Morgan fingerprint density at radius 2 is 1.96 bits per heavy atom. The normalized spacial score (nSPS) is 16.3. The average Bonchev–Trinajstić information content (AvgIpc) is 3.23. The molecule has 1 aliphatic heterocycles. The molecule has 1 aromatic carbocycles. The molecule has 0 bridgehead atoms. The van der Waals surface area contributed by atoms with Gasteiger partial charge in [-0.25, -0.2) is 4.79 Å². The minimum atomic E-state index is -0.600. The van der Waals surface area contributed by atoms with E-state index >= 15 is 0 Å². The van der Waals surface area contributed by atoms with E-state index in [2.05, 4.69) is 21.7 Å². The number of nitrogens with one attached hydrogen (secondary N) is 1. The summed E-state index contributed by atoms with van der Waals surface area (Å²) in [5.74, 6) is -0.381. The maximum atomic E-state index is 12.7. The number of carbonyl (C=O) groups excluding carboxylic acids is 1. The second-order valence-corrected chi connectivity index (χ2v) is 7.80. The van der Waals surface area contributed by atoms with Crippen LogP contribution in [0.15, 0.2) is 57.1 Å². The van der Waals surface area contributed by atoms with Gasteiger partial charge in [0.15, 0.2) is 0 Å². The number of hydrogen-bond acceptors (Lipinski definition) is 5. The highest BCUT2D eigenvalue weighted by molar-refractivity contribution is 7.10. The molecule has 4 rings (SSSR count). The van der Waals surface area contributed by atoms with Gasteiger partial charge in [0, 0.05) is 16.8 Å². The van der Waals surface area contributed by atoms with E-state index in [0.717, 1.165) is 18.5 Å². The molecule has 1 aliphatic rings. The van der Waals surface area contributed by atoms with Crippen molar-refractivity contribution in [3.63, 3.8) is 0 Å². The van der Waals surface area contributed by atoms with Gasteiger partial charge in [-0.05, 0) is 49.5 Å². The Morgan fingerprint density at radius 1 is 1.15 bits per heavy atom. The van der Waals surface area contributed by atoms with Crippen molar-refractivity contribution in [1.29, 1.82) is 0 Å². The molecule has 0 aliphatic carbocycles. The summed E-state index contributed by atoms with van der Waals surface area (Å²) in [5, 5.41) is 5.76. The molecule has 1 fully saturated rings. The highest BCUT2D eigenvalue weighted by atomic mass is 32.1. The molecule has 1 N–H and O–H groups in total. The van der Waals surface area contributed by atoms with E-state index < -0.39 is 5.63 Å². The standard InChI is InChI=1S/C21H22N2O3S/c24-20(16-13-15-7-2-3-8-18(15)26-21(16)25)22-14-17(19-9-6-12-27-19)23-10-4-1-5-11-23/h2-3,6-9,12-13,17H,1,4-5,10-11,14H2,(H,22,24)/t17-/m0/s1. The van der Waals surface area contributed by atoms with Gasteiger partial charge in [0.1, 0.15) is 11.1 Å². The Morgan fingerprint density at radius 3 is 2.74 bits per heavy atom. The number of thiophene rings is 1. The van der Waals surface area contributed by atoms with Crippen LogP contribution in [0.1, 0.15) is 40.5 Å². The lowest BCUT2D eigenvalue weighted by molar-refractivity contribution is 0.0922. The van der Waals surface area contributed by atoms with Crippen LogP contribution in [0.5, 0.6) is 0 Å². The van der Waals surface area contributed by atoms with E-state index in [1.807, 2.05) is 18.2 Å². The van der Waals surface area contributed by atoms with Crippen LogP contribution in [0.25, 0.3) is 11.0 Å². The summed E-state index contributed by atoms with van der Waals surface area (Å²) < 4.78 is 5.28. The zero-order valence-electron chi connectivity index (χ0n) is 15.0. The molecular weight excluding hydrogens is 360 g/mol. The summed E-state index contributed by atoms with van der Waals surface area (Å²) in [6, 6.07) is 13.1. The van der Waals surface area contributed by atoms with Crippen molar-refractivity contribution in [3.8, 4) is 0 Å². The number of carbonyl (C=O) groups is 1. The molecule has 6 heteroatoms. The molecule has 1 saturated heterocycles. The van der Waals surface area contributed by atoms with Crippen LogP contribution in [0, 0.1) is 0 Å². The van der Waals surface area contributed by atoms with Crippen molar-refractivity contribution < 1.29 is 9.21 Å². The molecule has 140 valence electrons. The van der Waals surface area contributed by atoms with Gasteiger partial charge in [0.25, 0.3) is 5.91 Å². The fraction of sp³-hybridized carbons (Fsp3) is 0.333. The lowest BCUT2D eigenvalue weighted by atomic mass is 10.1. The number of hydrogen-bond donors (Lipinski definition) is 1. The van der Waals surface area contributed by atoms with E-state index in [-0.39, 0.29) is 17.5 Å². The highest BCUT2D eigenvalue weighted by Gasteiger charge is 2.24. The Balaban J connectivity index is 1.53. The SMILES string of the molecule is O=C(NC[C@@H](c1cccs1)N1CCCCC1)c1cc2ccccc2oc1=O. The Labute approximate surface area is 161 Å². The minimum absolute atomic E-state index is 0.0530. The van der Waals surface area contributed by atoms with Crippen molar-refractivity contribution in [3.05, 3.63) is 68.7 Å². The first-order valence-electron chi connectivity index (χ1n) is 9.31. The molecule has 0 unspecified atom stereocenters. The Kier molecular flexibility index (Phi) is 5.36. The number of nitrogens with zero attached hydrogens (tertiary/aromatic N) is 1. The Hall–Kier alpha value is -2.44. The summed E-state index contributed by atoms with van der Waals surface area (Å²) in [5.41, 5.74) is -0.0575. The molecule has 3 heterocycles. The van der Waals surface area contributed by atoms with Gasteiger partial charge in [0.05, 0.1) is 6.04 Å². The fourth-order valence-corrected chi connectivity index (χ4v) is 4.49. The fourth-order valence-electron chi connectivity index (χ4n) is 3.63. The molecular formula is C21H22N2O3S. The number of amides is 1. The lowest BCUT2D eigenvalue weighted by Gasteiger charge is -2.34. The van der Waals surface area contributed by atoms with Crippen LogP contribution >= 0.6 is 11.3 Å². The van der Waals surface area contributed by atoms with E-state index in [0.29, 0.717) is 12.1 Å². The van der Waals surface area contributed by atoms with Gasteiger partial charge in [-0.3, -0.25) is 9.69 Å². The summed E-state index contributed by atoms with van der Waals surface area (Å²) in [6.07, 6.45) is 3.63. The van der Waals surface area contributed by atoms with Crippen LogP contribution in [-0.4, -0.2) is 30.4 Å². The summed E-state index contributed by atoms with van der Waals surface area (Å²) in [6.45, 7) is 2.55. The number of rotatable bonds is 5. The number of fused-ring (bicyclic) bond motifs is 1. The van der Waals surface area contributed by atoms with Crippen LogP contribution in [-0.2, 0) is 0 Å². The predicted octanol–water partition coefficient (Wildman–Crippen LogP) is 3.81. The van der Waals surface area contributed by atoms with Gasteiger partial charge in [-0.2, -0.15) is 0 Å². The zero-order valence-corrected chi connectivity index (χ0v) is 15.8. The second-order valence-electron chi connectivity index (χ2n) is 6.82. The quantitative estimate of drug-likeness (QED) is 0.682. The molecule has 5 nitrogen and oxygen atoms in total. The summed E-state index contributed by atoms with van der Waals surface area (Å²) in [7, 11) is 0. The first kappa shape index (κ1) is 17.9. The highest BCUT2D eigenvalue weighted by Crippen LogP contribution is 2.27. The topological polar surface area (TPSA) is 62.6 Å². The van der Waals surface area contributed by atoms with Crippen molar-refractivity contribution in [2.24, 2.45) is 0 Å². The zero-order chi connectivity index (χ0) is 18.6. The van der Waals surface area contributed by atoms with E-state index in [1.54, 1.807) is 29.5 Å². The molecule has 0 spiro atoms. The van der Waals surface area contributed by atoms with Crippen molar-refractivity contribution in [2.45, 2.75) is 25.3 Å². The third-order valence-electron chi connectivity index (χ3n) is 5.05. The lowest BCUT2D eigenvalue weighted by Crippen LogP contribution is -2.41. The summed E-state index contributed by atoms with van der Waals surface area (Å²) in [4.78, 5) is 28.6. The minimum Gasteiger partial charge on any atom is -0.422 e. The van der Waals surface area contributed by atoms with Gasteiger partial charge in [-0.1, -0.05) is 30.7 Å². The van der Waals surface area contributed by atoms with Crippen molar-refractivity contribution in [2.75, 3.05) is 19.6 Å². The monoisotopic (exact) mass is 382 g/mol. The number of benzene rings is 1. The molecule has 1 amide bonds. The second kappa shape index (κ2) is 8.06. The molecule has 2 aromatic heterocycles. The van der Waals surface area contributed by atoms with Crippen LogP contribution in [0.4, 0.5) is 0 Å². The van der Waals surface area contributed by atoms with E-state index in [9.17, 15) is 9.59 Å². The van der Waals surface area contributed by atoms with Crippen LogP contribution in [0.3, 0.4) is 0 Å². The smallest absolute Gasteiger partial charge is 0.349 e. The molecule has 0 saturated carbocycles. The third-order valence-corrected chi connectivity index (χ3v) is 6.02. The molecule has 27 heavy (non-hydrogen) atoms. The molecule has 1 atom stereocenters. The first-order chi connectivity index (χ1) is 13.2. The van der Waals surface area contributed by atoms with Gasteiger partial charge in [0.2, 0.25) is 0 Å². The van der Waals surface area contributed by atoms with Gasteiger partial charge >= 0.3 is 5.63 Å². The Bertz CT molecular complexity index is 975. The molecule has 0 radical (unpaired) electrons. The van der Waals surface area contributed by atoms with Gasteiger partial charge in [-0.15, -0.1) is 11.3 Å². The van der Waals surface area contributed by atoms with Crippen molar-refractivity contribution >= 4 is 28.2 Å². The average molecular weight is 382 g/mol. The van der Waals surface area contributed by atoms with Crippen LogP contribution < -0.4 is 10.9 Å². The maximum absolute atomic E-state index is 12.7. The number of para-hydroxylation sites is 1. The maximum Gasteiger partial charge on any atom is 0.349 e. The first-order valence-corrected chi connectivity index (χ1v) is 10.2. The number of likely N-dealkylation sites (tertiary alicyclic amines) is 1. The van der Waals surface area contributed by atoms with E-state index in [4.69, 9.17) is 4.42 Å². The third kappa shape index (κ3) is 3.96. The predicted molar refractivity (Wildman–Crippen MR) is 107 cm³/mol. The number of piperidine rings is 1. The van der Waals surface area contributed by atoms with E-state index in [1.165, 1.54) is 24.1 Å². The summed E-state index contributed by atoms with van der Waals surface area (Å²) >= 11 is 1.70. The largest absolute Gasteiger partial charge is 0.422 e.